The van der Waals surface area contributed by atoms with Gasteiger partial charge in [-0.2, -0.15) is 0 Å². The van der Waals surface area contributed by atoms with Crippen molar-refractivity contribution in [1.82, 2.24) is 25.4 Å². The highest BCUT2D eigenvalue weighted by Gasteiger charge is 2.22. The number of hydrogen-bond donors (Lipinski definition) is 2. The molecule has 1 amide bonds. The van der Waals surface area contributed by atoms with E-state index in [2.05, 4.69) is 53.1 Å². The fourth-order valence-electron chi connectivity index (χ4n) is 2.97. The lowest BCUT2D eigenvalue weighted by Gasteiger charge is -2.36. The monoisotopic (exact) mass is 536 g/mol. The summed E-state index contributed by atoms with van der Waals surface area (Å²) >= 11 is 0. The Morgan fingerprint density at radius 3 is 2.53 bits per heavy atom. The number of methoxy groups -OCH3 is 1. The van der Waals surface area contributed by atoms with Crippen molar-refractivity contribution in [2.24, 2.45) is 4.99 Å². The number of nitrogens with zero attached hydrogens (tertiary/aromatic N) is 4. The quantitative estimate of drug-likeness (QED) is 0.225. The number of aromatic nitrogens is 1. The van der Waals surface area contributed by atoms with E-state index in [-0.39, 0.29) is 35.3 Å². The number of piperazine rings is 1. The molecule has 0 atom stereocenters. The zero-order valence-corrected chi connectivity index (χ0v) is 21.2. The largest absolute Gasteiger partial charge is 0.443 e. The lowest BCUT2D eigenvalue weighted by molar-refractivity contribution is -0.122. The van der Waals surface area contributed by atoms with Gasteiger partial charge in [-0.05, 0) is 6.92 Å². The number of hydrogen-bond acceptors (Lipinski definition) is 6. The zero-order valence-electron chi connectivity index (χ0n) is 18.9. The van der Waals surface area contributed by atoms with Crippen LogP contribution in [0.5, 0.6) is 0 Å². The van der Waals surface area contributed by atoms with E-state index in [0.717, 1.165) is 44.4 Å². The first-order valence-electron chi connectivity index (χ1n) is 10.3. The molecular formula is C20H37IN6O3. The topological polar surface area (TPSA) is 95.2 Å². The van der Waals surface area contributed by atoms with Gasteiger partial charge in [0.2, 0.25) is 11.8 Å². The highest BCUT2D eigenvalue weighted by atomic mass is 127. The Morgan fingerprint density at radius 1 is 1.27 bits per heavy atom. The molecule has 2 heterocycles. The number of rotatable bonds is 8. The molecule has 10 heteroatoms. The fourth-order valence-corrected chi connectivity index (χ4v) is 2.97. The third-order valence-electron chi connectivity index (χ3n) is 4.66. The van der Waals surface area contributed by atoms with Gasteiger partial charge < -0.3 is 24.7 Å². The van der Waals surface area contributed by atoms with E-state index < -0.39 is 0 Å². The standard InChI is InChI=1S/C20H36N6O3.HI/c1-6-21-19(24-14-18-23-13-16(29-18)20(2,3)4)26-10-8-25(9-11-26)15-17(27)22-7-12-28-5;/h13H,6-12,14-15H2,1-5H3,(H,21,24)(H,22,27);1H. The summed E-state index contributed by atoms with van der Waals surface area (Å²) < 4.78 is 10.8. The van der Waals surface area contributed by atoms with Gasteiger partial charge in [0.1, 0.15) is 12.3 Å². The van der Waals surface area contributed by atoms with Crippen molar-refractivity contribution in [3.8, 4) is 0 Å². The second kappa shape index (κ2) is 13.1. The molecular weight excluding hydrogens is 499 g/mol. The van der Waals surface area contributed by atoms with E-state index in [4.69, 9.17) is 14.1 Å². The number of carbonyl (C=O) groups excluding carboxylic acids is 1. The molecule has 172 valence electrons. The predicted octanol–water partition coefficient (Wildman–Crippen LogP) is 1.44. The molecule has 0 unspecified atom stereocenters. The average molecular weight is 536 g/mol. The van der Waals surface area contributed by atoms with E-state index in [1.807, 2.05) is 0 Å². The number of amides is 1. The first kappa shape index (κ1) is 26.6. The zero-order chi connectivity index (χ0) is 21.3. The molecule has 1 aromatic heterocycles. The van der Waals surface area contributed by atoms with Crippen molar-refractivity contribution in [3.63, 3.8) is 0 Å². The molecule has 2 N–H and O–H groups in total. The third kappa shape index (κ3) is 8.76. The van der Waals surface area contributed by atoms with E-state index in [9.17, 15) is 4.79 Å². The Balaban J connectivity index is 0.00000450. The Labute approximate surface area is 197 Å². The summed E-state index contributed by atoms with van der Waals surface area (Å²) in [6.07, 6.45) is 1.79. The van der Waals surface area contributed by atoms with Crippen LogP contribution in [0.15, 0.2) is 15.6 Å². The molecule has 1 aliphatic rings. The van der Waals surface area contributed by atoms with E-state index in [0.29, 0.717) is 32.1 Å². The molecule has 9 nitrogen and oxygen atoms in total. The van der Waals surface area contributed by atoms with Gasteiger partial charge in [0.25, 0.3) is 0 Å². The third-order valence-corrected chi connectivity index (χ3v) is 4.66. The first-order chi connectivity index (χ1) is 13.8. The minimum Gasteiger partial charge on any atom is -0.443 e. The predicted molar refractivity (Wildman–Crippen MR) is 128 cm³/mol. The number of carbonyl (C=O) groups is 1. The Kier molecular flexibility index (Phi) is 11.6. The van der Waals surface area contributed by atoms with Crippen LogP contribution in [0.1, 0.15) is 39.3 Å². The minimum atomic E-state index is -0.0638. The number of halogens is 1. The maximum Gasteiger partial charge on any atom is 0.234 e. The van der Waals surface area contributed by atoms with Crippen molar-refractivity contribution in [2.45, 2.75) is 39.7 Å². The molecule has 0 saturated carbocycles. The van der Waals surface area contributed by atoms with Crippen LogP contribution < -0.4 is 10.6 Å². The Bertz CT molecular complexity index is 666. The molecule has 1 aromatic rings. The number of ether oxygens (including phenoxy) is 1. The first-order valence-corrected chi connectivity index (χ1v) is 10.3. The van der Waals surface area contributed by atoms with Gasteiger partial charge in [-0.25, -0.2) is 9.98 Å². The van der Waals surface area contributed by atoms with Crippen molar-refractivity contribution >= 4 is 35.8 Å². The molecule has 1 fully saturated rings. The SMILES string of the molecule is CCNC(=NCc1ncc(C(C)(C)C)o1)N1CCN(CC(=O)NCCOC)CC1.I. The number of oxazole rings is 1. The molecule has 0 spiro atoms. The summed E-state index contributed by atoms with van der Waals surface area (Å²) in [4.78, 5) is 25.4. The van der Waals surface area contributed by atoms with Gasteiger partial charge in [0, 0.05) is 51.8 Å². The molecule has 0 radical (unpaired) electrons. The van der Waals surface area contributed by atoms with Crippen molar-refractivity contribution < 1.29 is 13.9 Å². The summed E-state index contributed by atoms with van der Waals surface area (Å²) in [6.45, 7) is 14.3. The van der Waals surface area contributed by atoms with Gasteiger partial charge in [-0.3, -0.25) is 9.69 Å². The van der Waals surface area contributed by atoms with Gasteiger partial charge in [-0.15, -0.1) is 24.0 Å². The van der Waals surface area contributed by atoms with Crippen LogP contribution >= 0.6 is 24.0 Å². The molecule has 1 saturated heterocycles. The lowest BCUT2D eigenvalue weighted by atomic mass is 9.94. The number of guanidine groups is 1. The fraction of sp³-hybridized carbons (Fsp3) is 0.750. The number of nitrogens with one attached hydrogen (secondary N) is 2. The van der Waals surface area contributed by atoms with E-state index in [1.54, 1.807) is 13.3 Å². The lowest BCUT2D eigenvalue weighted by Crippen LogP contribution is -2.54. The molecule has 30 heavy (non-hydrogen) atoms. The van der Waals surface area contributed by atoms with Crippen molar-refractivity contribution in [2.75, 3.05) is 59.5 Å². The normalized spacial score (nSPS) is 15.6. The van der Waals surface area contributed by atoms with Gasteiger partial charge in [0.05, 0.1) is 19.3 Å². The molecule has 1 aliphatic heterocycles. The van der Waals surface area contributed by atoms with Crippen LogP contribution in [0.2, 0.25) is 0 Å². The van der Waals surface area contributed by atoms with Crippen molar-refractivity contribution in [1.29, 1.82) is 0 Å². The van der Waals surface area contributed by atoms with Crippen molar-refractivity contribution in [3.05, 3.63) is 17.8 Å². The highest BCUT2D eigenvalue weighted by molar-refractivity contribution is 14.0. The molecule has 0 aromatic carbocycles. The van der Waals surface area contributed by atoms with Crippen LogP contribution in [0.3, 0.4) is 0 Å². The van der Waals surface area contributed by atoms with Crippen LogP contribution in [-0.4, -0.2) is 86.2 Å². The van der Waals surface area contributed by atoms with E-state index >= 15 is 0 Å². The van der Waals surface area contributed by atoms with Crippen LogP contribution in [0.25, 0.3) is 0 Å². The van der Waals surface area contributed by atoms with E-state index in [1.165, 1.54) is 0 Å². The summed E-state index contributed by atoms with van der Waals surface area (Å²) in [6, 6.07) is 0. The van der Waals surface area contributed by atoms with Gasteiger partial charge >= 0.3 is 0 Å². The summed E-state index contributed by atoms with van der Waals surface area (Å²) in [5.74, 6) is 2.38. The summed E-state index contributed by atoms with van der Waals surface area (Å²) in [7, 11) is 1.63. The van der Waals surface area contributed by atoms with Gasteiger partial charge in [-0.1, -0.05) is 20.8 Å². The Hall–Kier alpha value is -1.40. The number of aliphatic imine (C=N–C) groups is 1. The summed E-state index contributed by atoms with van der Waals surface area (Å²) in [5, 5.41) is 6.21. The smallest absolute Gasteiger partial charge is 0.234 e. The van der Waals surface area contributed by atoms with Gasteiger partial charge in [0.15, 0.2) is 5.96 Å². The second-order valence-electron chi connectivity index (χ2n) is 8.14. The maximum absolute atomic E-state index is 12.0. The Morgan fingerprint density at radius 2 is 1.97 bits per heavy atom. The second-order valence-corrected chi connectivity index (χ2v) is 8.14. The highest BCUT2D eigenvalue weighted by Crippen LogP contribution is 2.22. The van der Waals surface area contributed by atoms with Crippen LogP contribution in [0, 0.1) is 0 Å². The summed E-state index contributed by atoms with van der Waals surface area (Å²) in [5.41, 5.74) is -0.0638. The minimum absolute atomic E-state index is 0. The maximum atomic E-state index is 12.0. The molecule has 2 rings (SSSR count). The average Bonchev–Trinajstić information content (AvgIpc) is 3.16. The molecule has 0 bridgehead atoms. The van der Waals surface area contributed by atoms with Crippen LogP contribution in [-0.2, 0) is 21.5 Å². The molecule has 0 aliphatic carbocycles. The van der Waals surface area contributed by atoms with Crippen LogP contribution in [0.4, 0.5) is 0 Å².